The van der Waals surface area contributed by atoms with Gasteiger partial charge >= 0.3 is 5.97 Å². The number of nitrogens with one attached hydrogen (secondary N) is 1. The van der Waals surface area contributed by atoms with Crippen molar-refractivity contribution in [3.8, 4) is 0 Å². The van der Waals surface area contributed by atoms with Crippen molar-refractivity contribution >= 4 is 11.7 Å². The zero-order valence-electron chi connectivity index (χ0n) is 9.40. The van der Waals surface area contributed by atoms with Gasteiger partial charge in [0.25, 0.3) is 0 Å². The van der Waals surface area contributed by atoms with E-state index in [1.807, 2.05) is 6.92 Å². The van der Waals surface area contributed by atoms with Crippen LogP contribution in [0.5, 0.6) is 0 Å². The smallest absolute Gasteiger partial charge is 0.354 e. The molecular weight excluding hydrogens is 208 g/mol. The van der Waals surface area contributed by atoms with Crippen LogP contribution in [-0.2, 0) is 0 Å². The van der Waals surface area contributed by atoms with Gasteiger partial charge in [-0.25, -0.2) is 9.78 Å². The number of anilines is 1. The summed E-state index contributed by atoms with van der Waals surface area (Å²) in [5, 5.41) is 21.5. The lowest BCUT2D eigenvalue weighted by Crippen LogP contribution is -2.32. The summed E-state index contributed by atoms with van der Waals surface area (Å²) in [6, 6.07) is 3.10. The highest BCUT2D eigenvalue weighted by Gasteiger charge is 2.17. The number of nitrogens with zero attached hydrogens (tertiary/aromatic N) is 1. The van der Waals surface area contributed by atoms with E-state index in [4.69, 9.17) is 5.11 Å². The summed E-state index contributed by atoms with van der Waals surface area (Å²) < 4.78 is 0. The first-order valence-corrected chi connectivity index (χ1v) is 5.10. The summed E-state index contributed by atoms with van der Waals surface area (Å²) in [6.45, 7) is 3.97. The molecule has 0 amide bonds. The normalized spacial score (nSPS) is 14.2. The largest absolute Gasteiger partial charge is 0.477 e. The molecule has 1 aromatic heterocycles. The van der Waals surface area contributed by atoms with Gasteiger partial charge in [-0.05, 0) is 25.5 Å². The minimum absolute atomic E-state index is 0.0128. The maximum absolute atomic E-state index is 10.7. The summed E-state index contributed by atoms with van der Waals surface area (Å²) in [4.78, 5) is 14.4. The average Bonchev–Trinajstić information content (AvgIpc) is 2.27. The van der Waals surface area contributed by atoms with Crippen molar-refractivity contribution in [1.82, 2.24) is 4.98 Å². The number of aromatic carboxylic acids is 1. The predicted molar refractivity (Wildman–Crippen MR) is 60.6 cm³/mol. The molecular formula is C11H16N2O3. The lowest BCUT2D eigenvalue weighted by atomic mass is 10.0. The first kappa shape index (κ1) is 12.4. The van der Waals surface area contributed by atoms with E-state index < -0.39 is 11.6 Å². The van der Waals surface area contributed by atoms with Crippen LogP contribution in [0.4, 0.5) is 5.69 Å². The Morgan fingerprint density at radius 3 is 2.88 bits per heavy atom. The van der Waals surface area contributed by atoms with Crippen molar-refractivity contribution in [2.24, 2.45) is 0 Å². The number of carboxylic acids is 1. The minimum atomic E-state index is -1.06. The second-order valence-electron chi connectivity index (χ2n) is 3.94. The van der Waals surface area contributed by atoms with Crippen molar-refractivity contribution in [1.29, 1.82) is 0 Å². The van der Waals surface area contributed by atoms with E-state index in [0.717, 1.165) is 0 Å². The van der Waals surface area contributed by atoms with Gasteiger partial charge in [0.2, 0.25) is 0 Å². The number of carboxylic acid groups (broad SMARTS) is 1. The van der Waals surface area contributed by atoms with Gasteiger partial charge in [0.15, 0.2) is 0 Å². The molecule has 3 N–H and O–H groups in total. The van der Waals surface area contributed by atoms with Crippen LogP contribution in [0, 0.1) is 0 Å². The number of aromatic nitrogens is 1. The van der Waals surface area contributed by atoms with Crippen molar-refractivity contribution in [3.63, 3.8) is 0 Å². The van der Waals surface area contributed by atoms with Crippen LogP contribution >= 0.6 is 0 Å². The summed E-state index contributed by atoms with van der Waals surface area (Å²) in [5.74, 6) is -1.06. The lowest BCUT2D eigenvalue weighted by Gasteiger charge is -2.22. The van der Waals surface area contributed by atoms with Gasteiger partial charge < -0.3 is 15.5 Å². The molecule has 1 rings (SSSR count). The molecule has 0 aliphatic heterocycles. The van der Waals surface area contributed by atoms with Crippen LogP contribution in [0.25, 0.3) is 0 Å². The van der Waals surface area contributed by atoms with E-state index in [1.165, 1.54) is 12.3 Å². The van der Waals surface area contributed by atoms with E-state index >= 15 is 0 Å². The number of rotatable bonds is 5. The number of hydrogen-bond acceptors (Lipinski definition) is 4. The molecule has 0 saturated heterocycles. The maximum Gasteiger partial charge on any atom is 0.354 e. The van der Waals surface area contributed by atoms with Gasteiger partial charge in [-0.2, -0.15) is 0 Å². The monoisotopic (exact) mass is 224 g/mol. The summed E-state index contributed by atoms with van der Waals surface area (Å²) in [6.07, 6.45) is 2.04. The standard InChI is InChI=1S/C11H16N2O3/c1-3-11(2,16)7-13-8-4-5-12-9(6-8)10(14)15/h4-6,16H,3,7H2,1-2H3,(H,12,13)(H,14,15). The molecule has 0 aromatic carbocycles. The number of pyridine rings is 1. The van der Waals surface area contributed by atoms with E-state index in [-0.39, 0.29) is 5.69 Å². The SMILES string of the molecule is CCC(C)(O)CNc1ccnc(C(=O)O)c1. The third-order valence-electron chi connectivity index (χ3n) is 2.41. The summed E-state index contributed by atoms with van der Waals surface area (Å²) >= 11 is 0. The van der Waals surface area contributed by atoms with Crippen molar-refractivity contribution in [3.05, 3.63) is 24.0 Å². The molecule has 0 spiro atoms. The number of carbonyl (C=O) groups is 1. The molecule has 16 heavy (non-hydrogen) atoms. The Balaban J connectivity index is 2.68. The predicted octanol–water partition coefficient (Wildman–Crippen LogP) is 1.35. The van der Waals surface area contributed by atoms with Crippen LogP contribution in [-0.4, -0.2) is 33.3 Å². The van der Waals surface area contributed by atoms with Gasteiger partial charge in [0, 0.05) is 18.4 Å². The van der Waals surface area contributed by atoms with E-state index in [9.17, 15) is 9.90 Å². The Bertz CT molecular complexity index is 377. The molecule has 0 bridgehead atoms. The third-order valence-corrected chi connectivity index (χ3v) is 2.41. The fraction of sp³-hybridized carbons (Fsp3) is 0.455. The third kappa shape index (κ3) is 3.51. The molecule has 0 aliphatic rings. The lowest BCUT2D eigenvalue weighted by molar-refractivity contribution is 0.0689. The molecule has 1 unspecified atom stereocenters. The first-order valence-electron chi connectivity index (χ1n) is 5.10. The Hall–Kier alpha value is -1.62. The van der Waals surface area contributed by atoms with E-state index in [0.29, 0.717) is 18.7 Å². The molecule has 5 nitrogen and oxygen atoms in total. The molecule has 1 aromatic rings. The second kappa shape index (κ2) is 4.94. The van der Waals surface area contributed by atoms with Crippen molar-refractivity contribution < 1.29 is 15.0 Å². The van der Waals surface area contributed by atoms with Gasteiger partial charge in [-0.15, -0.1) is 0 Å². The Labute approximate surface area is 94.1 Å². The Morgan fingerprint density at radius 1 is 1.62 bits per heavy atom. The van der Waals surface area contributed by atoms with Crippen molar-refractivity contribution in [2.45, 2.75) is 25.9 Å². The second-order valence-corrected chi connectivity index (χ2v) is 3.94. The molecule has 0 aliphatic carbocycles. The van der Waals surface area contributed by atoms with Crippen LogP contribution < -0.4 is 5.32 Å². The minimum Gasteiger partial charge on any atom is -0.477 e. The molecule has 88 valence electrons. The zero-order chi connectivity index (χ0) is 12.2. The molecule has 5 heteroatoms. The van der Waals surface area contributed by atoms with Gasteiger partial charge in [-0.3, -0.25) is 0 Å². The quantitative estimate of drug-likeness (QED) is 0.703. The Morgan fingerprint density at radius 2 is 2.31 bits per heavy atom. The van der Waals surface area contributed by atoms with E-state index in [2.05, 4.69) is 10.3 Å². The number of aliphatic hydroxyl groups is 1. The highest BCUT2D eigenvalue weighted by Crippen LogP contribution is 2.12. The average molecular weight is 224 g/mol. The first-order chi connectivity index (χ1) is 7.44. The topological polar surface area (TPSA) is 82.5 Å². The molecule has 0 fully saturated rings. The van der Waals surface area contributed by atoms with E-state index in [1.54, 1.807) is 13.0 Å². The molecule has 1 heterocycles. The highest BCUT2D eigenvalue weighted by atomic mass is 16.4. The van der Waals surface area contributed by atoms with Crippen LogP contribution in [0.2, 0.25) is 0 Å². The molecule has 0 saturated carbocycles. The van der Waals surface area contributed by atoms with Crippen LogP contribution in [0.1, 0.15) is 30.8 Å². The zero-order valence-corrected chi connectivity index (χ0v) is 9.40. The maximum atomic E-state index is 10.7. The molecule has 1 atom stereocenters. The summed E-state index contributed by atoms with van der Waals surface area (Å²) in [5.41, 5.74) is -0.172. The van der Waals surface area contributed by atoms with Gasteiger partial charge in [0.05, 0.1) is 5.60 Å². The van der Waals surface area contributed by atoms with Crippen LogP contribution in [0.3, 0.4) is 0 Å². The van der Waals surface area contributed by atoms with Crippen molar-refractivity contribution in [2.75, 3.05) is 11.9 Å². The van der Waals surface area contributed by atoms with Crippen LogP contribution in [0.15, 0.2) is 18.3 Å². The fourth-order valence-electron chi connectivity index (χ4n) is 1.07. The highest BCUT2D eigenvalue weighted by molar-refractivity contribution is 5.86. The molecule has 0 radical (unpaired) electrons. The fourth-order valence-corrected chi connectivity index (χ4v) is 1.07. The number of hydrogen-bond donors (Lipinski definition) is 3. The summed E-state index contributed by atoms with van der Waals surface area (Å²) in [7, 11) is 0. The van der Waals surface area contributed by atoms with Gasteiger partial charge in [-0.1, -0.05) is 6.92 Å². The van der Waals surface area contributed by atoms with Gasteiger partial charge in [0.1, 0.15) is 5.69 Å². The Kier molecular flexibility index (Phi) is 3.84.